The summed E-state index contributed by atoms with van der Waals surface area (Å²) < 4.78 is 36.7. The van der Waals surface area contributed by atoms with Gasteiger partial charge in [0.05, 0.1) is 6.54 Å². The Morgan fingerprint density at radius 2 is 1.93 bits per heavy atom. The number of nitrogens with zero attached hydrogens (tertiary/aromatic N) is 1. The summed E-state index contributed by atoms with van der Waals surface area (Å²) in [5.41, 5.74) is 1.85. The van der Waals surface area contributed by atoms with Crippen LogP contribution in [0.4, 0.5) is 23.7 Å². The fourth-order valence-electron chi connectivity index (χ4n) is 3.05. The highest BCUT2D eigenvalue weighted by molar-refractivity contribution is 5.89. The molecule has 2 fully saturated rings. The zero-order valence-corrected chi connectivity index (χ0v) is 16.2. The molecule has 0 bridgehead atoms. The number of rotatable bonds is 5. The van der Waals surface area contributed by atoms with E-state index in [-0.39, 0.29) is 12.0 Å². The van der Waals surface area contributed by atoms with Gasteiger partial charge in [-0.3, -0.25) is 9.69 Å². The van der Waals surface area contributed by atoms with Gasteiger partial charge in [0.15, 0.2) is 0 Å². The number of nitrogens with one attached hydrogen (secondary N) is 2. The fourth-order valence-corrected chi connectivity index (χ4v) is 3.05. The fraction of sp³-hybridized carbons (Fsp3) is 0.526. The number of carbonyl (C=O) groups is 3. The van der Waals surface area contributed by atoms with Crippen molar-refractivity contribution >= 4 is 23.7 Å². The monoisotopic (exact) mass is 431 g/mol. The average molecular weight is 431 g/mol. The van der Waals surface area contributed by atoms with Gasteiger partial charge in [0, 0.05) is 18.7 Å². The van der Waals surface area contributed by atoms with Crippen molar-refractivity contribution in [2.45, 2.75) is 32.0 Å². The highest BCUT2D eigenvalue weighted by Crippen LogP contribution is 2.19. The van der Waals surface area contributed by atoms with Gasteiger partial charge in [-0.2, -0.15) is 13.2 Å². The molecule has 1 aromatic carbocycles. The van der Waals surface area contributed by atoms with E-state index < -0.39 is 12.1 Å². The molecule has 8 nitrogen and oxygen atoms in total. The van der Waals surface area contributed by atoms with Gasteiger partial charge in [0.25, 0.3) is 0 Å². The first kappa shape index (κ1) is 23.5. The van der Waals surface area contributed by atoms with Crippen LogP contribution in [0.3, 0.4) is 0 Å². The number of carboxylic acids is 1. The molecule has 1 aromatic rings. The molecule has 0 aromatic heterocycles. The lowest BCUT2D eigenvalue weighted by Crippen LogP contribution is -2.34. The van der Waals surface area contributed by atoms with Gasteiger partial charge >= 0.3 is 18.2 Å². The van der Waals surface area contributed by atoms with Crippen molar-refractivity contribution in [2.24, 2.45) is 5.92 Å². The van der Waals surface area contributed by atoms with Crippen LogP contribution in [0.5, 0.6) is 0 Å². The Balaban J connectivity index is 0.000000396. The van der Waals surface area contributed by atoms with Gasteiger partial charge < -0.3 is 20.5 Å². The number of piperidine rings is 1. The van der Waals surface area contributed by atoms with E-state index in [1.54, 1.807) is 4.90 Å². The molecule has 2 saturated heterocycles. The Bertz CT molecular complexity index is 734. The normalized spacial score (nSPS) is 18.8. The van der Waals surface area contributed by atoms with Crippen LogP contribution < -0.4 is 15.5 Å². The molecule has 0 spiro atoms. The van der Waals surface area contributed by atoms with E-state index in [0.717, 1.165) is 37.2 Å². The molecule has 2 aliphatic heterocycles. The van der Waals surface area contributed by atoms with Crippen molar-refractivity contribution < 1.29 is 37.4 Å². The number of alkyl halides is 3. The average Bonchev–Trinajstić information content (AvgIpc) is 3.13. The van der Waals surface area contributed by atoms with E-state index in [1.165, 1.54) is 0 Å². The summed E-state index contributed by atoms with van der Waals surface area (Å²) >= 11 is 0. The van der Waals surface area contributed by atoms with Crippen molar-refractivity contribution in [3.63, 3.8) is 0 Å². The zero-order chi connectivity index (χ0) is 22.1. The molecular weight excluding hydrogens is 407 g/mol. The minimum atomic E-state index is -5.08. The first-order valence-electron chi connectivity index (χ1n) is 9.47. The largest absolute Gasteiger partial charge is 0.490 e. The Labute approximate surface area is 171 Å². The SMILES string of the molecule is O=C(CC1CCCNC1)NCc1ccc(N2CCOC2=O)cc1.O=C(O)C(F)(F)F. The highest BCUT2D eigenvalue weighted by Gasteiger charge is 2.38. The number of hydrogen-bond donors (Lipinski definition) is 3. The van der Waals surface area contributed by atoms with E-state index in [4.69, 9.17) is 14.6 Å². The zero-order valence-electron chi connectivity index (χ0n) is 16.2. The molecule has 2 amide bonds. The van der Waals surface area contributed by atoms with Crippen LogP contribution in [0, 0.1) is 5.92 Å². The van der Waals surface area contributed by atoms with Crippen LogP contribution in [-0.2, 0) is 20.9 Å². The molecule has 1 atom stereocenters. The predicted molar refractivity (Wildman–Crippen MR) is 101 cm³/mol. The van der Waals surface area contributed by atoms with Gasteiger partial charge in [0.2, 0.25) is 5.91 Å². The number of hydrogen-bond acceptors (Lipinski definition) is 5. The molecule has 0 radical (unpaired) electrons. The smallest absolute Gasteiger partial charge is 0.475 e. The summed E-state index contributed by atoms with van der Waals surface area (Å²) in [6, 6.07) is 7.64. The third-order valence-corrected chi connectivity index (χ3v) is 4.61. The number of benzene rings is 1. The number of carbonyl (C=O) groups excluding carboxylic acids is 2. The number of aliphatic carboxylic acids is 1. The maximum Gasteiger partial charge on any atom is 0.490 e. The van der Waals surface area contributed by atoms with Crippen LogP contribution in [0.1, 0.15) is 24.8 Å². The summed E-state index contributed by atoms with van der Waals surface area (Å²) in [6.07, 6.45) is -2.52. The maximum absolute atomic E-state index is 12.0. The number of cyclic esters (lactones) is 1. The molecule has 1 unspecified atom stereocenters. The van der Waals surface area contributed by atoms with Crippen LogP contribution in [0.15, 0.2) is 24.3 Å². The Hall–Kier alpha value is -2.82. The van der Waals surface area contributed by atoms with Gasteiger partial charge in [0.1, 0.15) is 6.61 Å². The minimum Gasteiger partial charge on any atom is -0.475 e. The van der Waals surface area contributed by atoms with E-state index in [2.05, 4.69) is 10.6 Å². The molecule has 166 valence electrons. The quantitative estimate of drug-likeness (QED) is 0.660. The van der Waals surface area contributed by atoms with Crippen molar-refractivity contribution in [1.29, 1.82) is 0 Å². The molecule has 2 heterocycles. The molecule has 0 saturated carbocycles. The third-order valence-electron chi connectivity index (χ3n) is 4.61. The molecule has 30 heavy (non-hydrogen) atoms. The van der Waals surface area contributed by atoms with E-state index in [9.17, 15) is 22.8 Å². The number of ether oxygens (including phenoxy) is 1. The predicted octanol–water partition coefficient (Wildman–Crippen LogP) is 2.28. The summed E-state index contributed by atoms with van der Waals surface area (Å²) in [5.74, 6) is -2.20. The molecule has 11 heteroatoms. The van der Waals surface area contributed by atoms with Gasteiger partial charge in [-0.15, -0.1) is 0 Å². The maximum atomic E-state index is 12.0. The summed E-state index contributed by atoms with van der Waals surface area (Å²) in [7, 11) is 0. The van der Waals surface area contributed by atoms with Crippen molar-refractivity contribution in [2.75, 3.05) is 31.1 Å². The Morgan fingerprint density at radius 1 is 1.27 bits per heavy atom. The topological polar surface area (TPSA) is 108 Å². The van der Waals surface area contributed by atoms with Crippen molar-refractivity contribution in [3.8, 4) is 0 Å². The molecule has 2 aliphatic rings. The number of anilines is 1. The van der Waals surface area contributed by atoms with Gasteiger partial charge in [-0.1, -0.05) is 12.1 Å². The van der Waals surface area contributed by atoms with Crippen LogP contribution >= 0.6 is 0 Å². The lowest BCUT2D eigenvalue weighted by molar-refractivity contribution is -0.192. The number of carboxylic acid groups (broad SMARTS) is 1. The molecule has 3 N–H and O–H groups in total. The van der Waals surface area contributed by atoms with Gasteiger partial charge in [-0.05, 0) is 49.5 Å². The van der Waals surface area contributed by atoms with Crippen molar-refractivity contribution in [1.82, 2.24) is 10.6 Å². The Kier molecular flexibility index (Phi) is 8.46. The lowest BCUT2D eigenvalue weighted by Gasteiger charge is -2.22. The van der Waals surface area contributed by atoms with E-state index >= 15 is 0 Å². The highest BCUT2D eigenvalue weighted by atomic mass is 19.4. The molecule has 3 rings (SSSR count). The summed E-state index contributed by atoms with van der Waals surface area (Å²) in [5, 5.41) is 13.4. The molecule has 0 aliphatic carbocycles. The van der Waals surface area contributed by atoms with Crippen molar-refractivity contribution in [3.05, 3.63) is 29.8 Å². The van der Waals surface area contributed by atoms with Crippen LogP contribution in [0.2, 0.25) is 0 Å². The summed E-state index contributed by atoms with van der Waals surface area (Å²) in [6.45, 7) is 3.55. The first-order chi connectivity index (χ1) is 14.2. The van der Waals surface area contributed by atoms with Crippen LogP contribution in [-0.4, -0.2) is 55.5 Å². The van der Waals surface area contributed by atoms with Crippen LogP contribution in [0.25, 0.3) is 0 Å². The number of amides is 2. The Morgan fingerprint density at radius 3 is 2.43 bits per heavy atom. The third kappa shape index (κ3) is 7.54. The van der Waals surface area contributed by atoms with E-state index in [0.29, 0.717) is 32.0 Å². The van der Waals surface area contributed by atoms with E-state index in [1.807, 2.05) is 24.3 Å². The summed E-state index contributed by atoms with van der Waals surface area (Å²) in [4.78, 5) is 34.0. The second-order valence-corrected chi connectivity index (χ2v) is 6.93. The second-order valence-electron chi connectivity index (χ2n) is 6.93. The second kappa shape index (κ2) is 10.8. The molecular formula is C19H24F3N3O5. The lowest BCUT2D eigenvalue weighted by atomic mass is 9.96. The first-order valence-corrected chi connectivity index (χ1v) is 9.47. The minimum absolute atomic E-state index is 0.103. The standard InChI is InChI=1S/C17H23N3O3.C2HF3O2/c21-16(10-14-2-1-7-18-11-14)19-12-13-3-5-15(6-4-13)20-8-9-23-17(20)22;3-2(4,5)1(6)7/h3-6,14,18H,1-2,7-12H2,(H,19,21);(H,6,7). The number of halogens is 3. The van der Waals surface area contributed by atoms with Gasteiger partial charge in [-0.25, -0.2) is 9.59 Å².